The summed E-state index contributed by atoms with van der Waals surface area (Å²) in [5, 5.41) is 2.66. The largest absolute Gasteiger partial charge is 0.477 e. The van der Waals surface area contributed by atoms with Gasteiger partial charge in [0.2, 0.25) is 21.8 Å². The number of amides is 1. The number of hydrogen-bond acceptors (Lipinski definition) is 5. The fourth-order valence-electron chi connectivity index (χ4n) is 2.40. The SMILES string of the molecule is O=C(CCNS(=O)(=O)c1ccc(F)c(F)c1)NCc1ccc(OCC2CC2)nc1. The lowest BCUT2D eigenvalue weighted by atomic mass is 10.3. The van der Waals surface area contributed by atoms with Crippen molar-refractivity contribution >= 4 is 15.9 Å². The molecule has 0 unspecified atom stereocenters. The van der Waals surface area contributed by atoms with E-state index in [4.69, 9.17) is 4.74 Å². The van der Waals surface area contributed by atoms with Crippen LogP contribution < -0.4 is 14.8 Å². The predicted octanol–water partition coefficient (Wildman–Crippen LogP) is 2.13. The Morgan fingerprint density at radius 3 is 2.62 bits per heavy atom. The summed E-state index contributed by atoms with van der Waals surface area (Å²) >= 11 is 0. The summed E-state index contributed by atoms with van der Waals surface area (Å²) in [6.45, 7) is 0.730. The molecule has 0 aliphatic heterocycles. The third kappa shape index (κ3) is 6.47. The van der Waals surface area contributed by atoms with Gasteiger partial charge in [-0.2, -0.15) is 0 Å². The van der Waals surface area contributed by atoms with Crippen LogP contribution in [0.3, 0.4) is 0 Å². The first-order chi connectivity index (χ1) is 13.8. The Labute approximate surface area is 167 Å². The zero-order valence-corrected chi connectivity index (χ0v) is 16.3. The molecule has 0 spiro atoms. The number of halogens is 2. The number of carbonyl (C=O) groups excluding carboxylic acids is 1. The van der Waals surface area contributed by atoms with Crippen molar-refractivity contribution in [1.29, 1.82) is 0 Å². The van der Waals surface area contributed by atoms with Gasteiger partial charge in [-0.3, -0.25) is 4.79 Å². The highest BCUT2D eigenvalue weighted by atomic mass is 32.2. The van der Waals surface area contributed by atoms with E-state index in [1.807, 2.05) is 0 Å². The lowest BCUT2D eigenvalue weighted by Gasteiger charge is -2.09. The molecule has 2 N–H and O–H groups in total. The van der Waals surface area contributed by atoms with E-state index < -0.39 is 26.6 Å². The van der Waals surface area contributed by atoms with Crippen LogP contribution in [0.15, 0.2) is 41.4 Å². The minimum atomic E-state index is -4.03. The zero-order chi connectivity index (χ0) is 20.9. The highest BCUT2D eigenvalue weighted by Gasteiger charge is 2.22. The van der Waals surface area contributed by atoms with Crippen LogP contribution in [-0.4, -0.2) is 32.5 Å². The van der Waals surface area contributed by atoms with Gasteiger partial charge in [0.25, 0.3) is 0 Å². The van der Waals surface area contributed by atoms with E-state index in [0.717, 1.165) is 17.7 Å². The highest BCUT2D eigenvalue weighted by Crippen LogP contribution is 2.29. The van der Waals surface area contributed by atoms with Gasteiger partial charge in [0.1, 0.15) is 0 Å². The van der Waals surface area contributed by atoms with Crippen molar-refractivity contribution in [2.75, 3.05) is 13.2 Å². The second-order valence-corrected chi connectivity index (χ2v) is 8.53. The molecule has 1 aromatic carbocycles. The summed E-state index contributed by atoms with van der Waals surface area (Å²) in [6.07, 6.45) is 3.88. The minimum absolute atomic E-state index is 0.112. The first-order valence-electron chi connectivity index (χ1n) is 9.12. The zero-order valence-electron chi connectivity index (χ0n) is 15.5. The van der Waals surface area contributed by atoms with Crippen LogP contribution in [0, 0.1) is 17.6 Å². The molecule has 29 heavy (non-hydrogen) atoms. The second kappa shape index (κ2) is 9.27. The maximum absolute atomic E-state index is 13.2. The van der Waals surface area contributed by atoms with Crippen LogP contribution in [-0.2, 0) is 21.4 Å². The molecule has 7 nitrogen and oxygen atoms in total. The number of ether oxygens (including phenoxy) is 1. The summed E-state index contributed by atoms with van der Waals surface area (Å²) in [4.78, 5) is 15.7. The number of pyridine rings is 1. The Bertz CT molecular complexity index is 964. The molecule has 1 amide bonds. The fourth-order valence-corrected chi connectivity index (χ4v) is 3.45. The lowest BCUT2D eigenvalue weighted by Crippen LogP contribution is -2.30. The molecule has 2 aromatic rings. The van der Waals surface area contributed by atoms with E-state index in [0.29, 0.717) is 24.5 Å². The Hall–Kier alpha value is -2.59. The highest BCUT2D eigenvalue weighted by molar-refractivity contribution is 7.89. The van der Waals surface area contributed by atoms with Gasteiger partial charge in [-0.1, -0.05) is 6.07 Å². The minimum Gasteiger partial charge on any atom is -0.477 e. The van der Waals surface area contributed by atoms with Crippen LogP contribution in [0.4, 0.5) is 8.78 Å². The number of rotatable bonds is 10. The molecule has 0 saturated heterocycles. The summed E-state index contributed by atoms with van der Waals surface area (Å²) in [7, 11) is -4.03. The molecule has 3 rings (SSSR count). The van der Waals surface area contributed by atoms with Crippen molar-refractivity contribution in [3.63, 3.8) is 0 Å². The van der Waals surface area contributed by atoms with Crippen LogP contribution >= 0.6 is 0 Å². The van der Waals surface area contributed by atoms with Crippen molar-refractivity contribution in [2.45, 2.75) is 30.7 Å². The topological polar surface area (TPSA) is 97.4 Å². The van der Waals surface area contributed by atoms with Crippen molar-refractivity contribution in [3.8, 4) is 5.88 Å². The number of carbonyl (C=O) groups is 1. The third-order valence-electron chi connectivity index (χ3n) is 4.30. The number of sulfonamides is 1. The van der Waals surface area contributed by atoms with Gasteiger partial charge in [-0.05, 0) is 42.5 Å². The van der Waals surface area contributed by atoms with E-state index in [1.165, 1.54) is 12.8 Å². The predicted molar refractivity (Wildman–Crippen MR) is 100 cm³/mol. The third-order valence-corrected chi connectivity index (χ3v) is 5.76. The molecule has 0 bridgehead atoms. The maximum atomic E-state index is 13.2. The van der Waals surface area contributed by atoms with Gasteiger partial charge in [0, 0.05) is 31.8 Å². The van der Waals surface area contributed by atoms with Gasteiger partial charge in [-0.15, -0.1) is 0 Å². The Morgan fingerprint density at radius 1 is 1.17 bits per heavy atom. The molecule has 156 valence electrons. The fraction of sp³-hybridized carbons (Fsp3) is 0.368. The molecular weight excluding hydrogens is 404 g/mol. The first kappa shape index (κ1) is 21.1. The summed E-state index contributed by atoms with van der Waals surface area (Å²) in [5.41, 5.74) is 0.777. The van der Waals surface area contributed by atoms with Crippen molar-refractivity contribution in [2.24, 2.45) is 5.92 Å². The number of benzene rings is 1. The van der Waals surface area contributed by atoms with Crippen LogP contribution in [0.1, 0.15) is 24.8 Å². The summed E-state index contributed by atoms with van der Waals surface area (Å²) in [6, 6.07) is 5.79. The van der Waals surface area contributed by atoms with Crippen molar-refractivity contribution in [3.05, 3.63) is 53.7 Å². The quantitative estimate of drug-likeness (QED) is 0.608. The number of nitrogens with one attached hydrogen (secondary N) is 2. The van der Waals surface area contributed by atoms with E-state index >= 15 is 0 Å². The van der Waals surface area contributed by atoms with E-state index in [2.05, 4.69) is 15.0 Å². The Kier molecular flexibility index (Phi) is 6.75. The van der Waals surface area contributed by atoms with Crippen molar-refractivity contribution < 1.29 is 26.7 Å². The molecule has 10 heteroatoms. The molecule has 1 aromatic heterocycles. The molecule has 1 heterocycles. The molecule has 0 radical (unpaired) electrons. The normalized spacial score (nSPS) is 13.9. The monoisotopic (exact) mass is 425 g/mol. The van der Waals surface area contributed by atoms with E-state index in [9.17, 15) is 22.0 Å². The lowest BCUT2D eigenvalue weighted by molar-refractivity contribution is -0.121. The molecule has 1 saturated carbocycles. The first-order valence-corrected chi connectivity index (χ1v) is 10.6. The molecule has 1 aliphatic carbocycles. The molecule has 0 atom stereocenters. The number of nitrogens with zero attached hydrogens (tertiary/aromatic N) is 1. The number of hydrogen-bond donors (Lipinski definition) is 2. The van der Waals surface area contributed by atoms with Gasteiger partial charge in [-0.25, -0.2) is 26.9 Å². The van der Waals surface area contributed by atoms with Crippen LogP contribution in [0.5, 0.6) is 5.88 Å². The van der Waals surface area contributed by atoms with Gasteiger partial charge in [0.15, 0.2) is 11.6 Å². The summed E-state index contributed by atoms with van der Waals surface area (Å²) < 4.78 is 57.9. The smallest absolute Gasteiger partial charge is 0.240 e. The van der Waals surface area contributed by atoms with Crippen molar-refractivity contribution in [1.82, 2.24) is 15.0 Å². The maximum Gasteiger partial charge on any atom is 0.240 e. The van der Waals surface area contributed by atoms with E-state index in [1.54, 1.807) is 18.3 Å². The average Bonchev–Trinajstić information content (AvgIpc) is 3.52. The standard InChI is InChI=1S/C19H21F2N3O4S/c20-16-5-4-15(9-17(16)21)29(26,27)24-8-7-18(25)22-10-14-3-6-19(23-11-14)28-12-13-1-2-13/h3-6,9,11,13,24H,1-2,7-8,10,12H2,(H,22,25). The second-order valence-electron chi connectivity index (χ2n) is 6.76. The van der Waals surface area contributed by atoms with Gasteiger partial charge >= 0.3 is 0 Å². The van der Waals surface area contributed by atoms with Gasteiger partial charge < -0.3 is 10.1 Å². The van der Waals surface area contributed by atoms with Crippen LogP contribution in [0.25, 0.3) is 0 Å². The Balaban J connectivity index is 1.39. The number of aromatic nitrogens is 1. The molecule has 1 fully saturated rings. The van der Waals surface area contributed by atoms with E-state index in [-0.39, 0.29) is 25.4 Å². The summed E-state index contributed by atoms with van der Waals surface area (Å²) in [5.74, 6) is -1.59. The molecular formula is C19H21F2N3O4S. The molecule has 1 aliphatic rings. The van der Waals surface area contributed by atoms with Crippen LogP contribution in [0.2, 0.25) is 0 Å². The average molecular weight is 425 g/mol. The van der Waals surface area contributed by atoms with Gasteiger partial charge in [0.05, 0.1) is 11.5 Å². The Morgan fingerprint density at radius 2 is 1.97 bits per heavy atom.